The third-order valence-corrected chi connectivity index (χ3v) is 4.40. The van der Waals surface area contributed by atoms with Crippen LogP contribution in [0, 0.1) is 0 Å². The Hall–Kier alpha value is -2.27. The first-order valence-corrected chi connectivity index (χ1v) is 8.12. The van der Waals surface area contributed by atoms with Crippen LogP contribution < -0.4 is 5.56 Å². The van der Waals surface area contributed by atoms with E-state index in [0.29, 0.717) is 15.8 Å². The number of aromatic nitrogens is 2. The standard InChI is InChI=1S/C17H16N2O2S/c1-2-3-12-4-6-13(7-5-12)15(20)10-19-11-18-16-14(17(19)21)8-9-22-16/h4-9,11H,2-3,10H2,1H3. The molecule has 0 atom stereocenters. The highest BCUT2D eigenvalue weighted by Crippen LogP contribution is 2.13. The van der Waals surface area contributed by atoms with Gasteiger partial charge in [0.2, 0.25) is 0 Å². The van der Waals surface area contributed by atoms with Crippen molar-refractivity contribution in [3.8, 4) is 0 Å². The SMILES string of the molecule is CCCc1ccc(C(=O)Cn2cnc3sccc3c2=O)cc1. The van der Waals surface area contributed by atoms with Gasteiger partial charge in [0.1, 0.15) is 4.83 Å². The molecule has 3 aromatic rings. The van der Waals surface area contributed by atoms with E-state index in [2.05, 4.69) is 11.9 Å². The van der Waals surface area contributed by atoms with Gasteiger partial charge in [-0.2, -0.15) is 0 Å². The van der Waals surface area contributed by atoms with Crippen molar-refractivity contribution in [2.75, 3.05) is 0 Å². The van der Waals surface area contributed by atoms with Crippen molar-refractivity contribution in [3.05, 3.63) is 63.5 Å². The van der Waals surface area contributed by atoms with Gasteiger partial charge in [0.25, 0.3) is 5.56 Å². The maximum absolute atomic E-state index is 12.3. The van der Waals surface area contributed by atoms with Gasteiger partial charge >= 0.3 is 0 Å². The lowest BCUT2D eigenvalue weighted by Gasteiger charge is -2.06. The van der Waals surface area contributed by atoms with Crippen molar-refractivity contribution in [2.45, 2.75) is 26.3 Å². The van der Waals surface area contributed by atoms with Crippen LogP contribution in [-0.2, 0) is 13.0 Å². The number of hydrogen-bond acceptors (Lipinski definition) is 4. The monoisotopic (exact) mass is 312 g/mol. The van der Waals surface area contributed by atoms with Gasteiger partial charge in [-0.15, -0.1) is 11.3 Å². The van der Waals surface area contributed by atoms with E-state index in [0.717, 1.165) is 12.8 Å². The minimum absolute atomic E-state index is 0.0186. The Morgan fingerprint density at radius 2 is 2.00 bits per heavy atom. The van der Waals surface area contributed by atoms with Gasteiger partial charge in [-0.3, -0.25) is 14.2 Å². The number of carbonyl (C=O) groups is 1. The van der Waals surface area contributed by atoms with Crippen LogP contribution in [0.2, 0.25) is 0 Å². The summed E-state index contributed by atoms with van der Waals surface area (Å²) in [7, 11) is 0. The van der Waals surface area contributed by atoms with E-state index in [9.17, 15) is 9.59 Å². The predicted octanol–water partition coefficient (Wildman–Crippen LogP) is 3.29. The second-order valence-corrected chi connectivity index (χ2v) is 6.08. The third kappa shape index (κ3) is 2.85. The molecule has 0 amide bonds. The molecule has 2 aromatic heterocycles. The number of carbonyl (C=O) groups excluding carboxylic acids is 1. The number of aryl methyl sites for hydroxylation is 1. The average Bonchev–Trinajstić information content (AvgIpc) is 3.00. The molecular formula is C17H16N2O2S. The summed E-state index contributed by atoms with van der Waals surface area (Å²) in [4.78, 5) is 29.5. The first kappa shape index (κ1) is 14.7. The molecule has 0 bridgehead atoms. The Balaban J connectivity index is 1.83. The van der Waals surface area contributed by atoms with E-state index in [1.165, 1.54) is 27.8 Å². The summed E-state index contributed by atoms with van der Waals surface area (Å²) >= 11 is 1.42. The molecule has 0 fully saturated rings. The number of benzene rings is 1. The van der Waals surface area contributed by atoms with Crippen molar-refractivity contribution in [2.24, 2.45) is 0 Å². The smallest absolute Gasteiger partial charge is 0.262 e. The van der Waals surface area contributed by atoms with Crippen LogP contribution >= 0.6 is 11.3 Å². The molecule has 112 valence electrons. The highest BCUT2D eigenvalue weighted by atomic mass is 32.1. The lowest BCUT2D eigenvalue weighted by molar-refractivity contribution is 0.0970. The molecule has 0 aliphatic rings. The van der Waals surface area contributed by atoms with Gasteiger partial charge in [-0.1, -0.05) is 37.6 Å². The summed E-state index contributed by atoms with van der Waals surface area (Å²) in [5.41, 5.74) is 1.68. The summed E-state index contributed by atoms with van der Waals surface area (Å²) in [5, 5.41) is 2.40. The molecule has 0 aliphatic carbocycles. The highest BCUT2D eigenvalue weighted by Gasteiger charge is 2.10. The molecule has 3 rings (SSSR count). The fourth-order valence-electron chi connectivity index (χ4n) is 2.40. The van der Waals surface area contributed by atoms with Gasteiger partial charge in [-0.25, -0.2) is 4.98 Å². The molecule has 4 nitrogen and oxygen atoms in total. The van der Waals surface area contributed by atoms with Crippen LogP contribution in [0.1, 0.15) is 29.3 Å². The van der Waals surface area contributed by atoms with Crippen LogP contribution in [0.4, 0.5) is 0 Å². The minimum Gasteiger partial charge on any atom is -0.292 e. The van der Waals surface area contributed by atoms with E-state index < -0.39 is 0 Å². The van der Waals surface area contributed by atoms with E-state index in [1.807, 2.05) is 29.6 Å². The van der Waals surface area contributed by atoms with Crippen molar-refractivity contribution >= 4 is 27.3 Å². The van der Waals surface area contributed by atoms with Gasteiger partial charge in [0, 0.05) is 5.56 Å². The molecular weight excluding hydrogens is 296 g/mol. The molecule has 0 radical (unpaired) electrons. The number of nitrogens with zero attached hydrogens (tertiary/aromatic N) is 2. The number of thiophene rings is 1. The lowest BCUT2D eigenvalue weighted by Crippen LogP contribution is -2.24. The Morgan fingerprint density at radius 3 is 2.73 bits per heavy atom. The average molecular weight is 312 g/mol. The summed E-state index contributed by atoms with van der Waals surface area (Å²) < 4.78 is 1.37. The summed E-state index contributed by atoms with van der Waals surface area (Å²) in [6.07, 6.45) is 3.53. The fraction of sp³-hybridized carbons (Fsp3) is 0.235. The predicted molar refractivity (Wildman–Crippen MR) is 88.6 cm³/mol. The Kier molecular flexibility index (Phi) is 4.15. The molecule has 5 heteroatoms. The number of Topliss-reactive ketones (excluding diaryl/α,β-unsaturated/α-hetero) is 1. The van der Waals surface area contributed by atoms with Crippen LogP contribution in [0.3, 0.4) is 0 Å². The van der Waals surface area contributed by atoms with E-state index in [1.54, 1.807) is 6.07 Å². The molecule has 0 aliphatic heterocycles. The Bertz CT molecular complexity index is 862. The zero-order valence-corrected chi connectivity index (χ0v) is 13.1. The summed E-state index contributed by atoms with van der Waals surface area (Å²) in [6, 6.07) is 9.35. The molecule has 0 N–H and O–H groups in total. The van der Waals surface area contributed by atoms with Gasteiger partial charge in [-0.05, 0) is 23.4 Å². The normalized spacial score (nSPS) is 11.0. The van der Waals surface area contributed by atoms with Crippen molar-refractivity contribution in [3.63, 3.8) is 0 Å². The van der Waals surface area contributed by atoms with Gasteiger partial charge in [0.15, 0.2) is 5.78 Å². The second kappa shape index (κ2) is 6.23. The van der Waals surface area contributed by atoms with Crippen LogP contribution in [0.15, 0.2) is 46.8 Å². The van der Waals surface area contributed by atoms with Crippen molar-refractivity contribution in [1.29, 1.82) is 0 Å². The number of hydrogen-bond donors (Lipinski definition) is 0. The maximum atomic E-state index is 12.3. The molecule has 0 spiro atoms. The van der Waals surface area contributed by atoms with Gasteiger partial charge in [0.05, 0.1) is 18.3 Å². The largest absolute Gasteiger partial charge is 0.292 e. The zero-order chi connectivity index (χ0) is 15.5. The van der Waals surface area contributed by atoms with E-state index in [4.69, 9.17) is 0 Å². The summed E-state index contributed by atoms with van der Waals surface area (Å²) in [6.45, 7) is 2.14. The quantitative estimate of drug-likeness (QED) is 0.679. The molecule has 2 heterocycles. The van der Waals surface area contributed by atoms with E-state index in [-0.39, 0.29) is 17.9 Å². The van der Waals surface area contributed by atoms with E-state index >= 15 is 0 Å². The maximum Gasteiger partial charge on any atom is 0.262 e. The zero-order valence-electron chi connectivity index (χ0n) is 12.3. The van der Waals surface area contributed by atoms with Crippen molar-refractivity contribution in [1.82, 2.24) is 9.55 Å². The molecule has 1 aromatic carbocycles. The minimum atomic E-state index is -0.165. The molecule has 22 heavy (non-hydrogen) atoms. The fourth-order valence-corrected chi connectivity index (χ4v) is 3.12. The molecule has 0 saturated carbocycles. The Labute approximate surface area is 132 Å². The van der Waals surface area contributed by atoms with Crippen LogP contribution in [-0.4, -0.2) is 15.3 Å². The highest BCUT2D eigenvalue weighted by molar-refractivity contribution is 7.16. The topological polar surface area (TPSA) is 52.0 Å². The number of rotatable bonds is 5. The first-order valence-electron chi connectivity index (χ1n) is 7.24. The number of fused-ring (bicyclic) bond motifs is 1. The van der Waals surface area contributed by atoms with Crippen LogP contribution in [0.5, 0.6) is 0 Å². The van der Waals surface area contributed by atoms with Crippen molar-refractivity contribution < 1.29 is 4.79 Å². The third-order valence-electron chi connectivity index (χ3n) is 3.58. The van der Waals surface area contributed by atoms with Gasteiger partial charge < -0.3 is 0 Å². The summed E-state index contributed by atoms with van der Waals surface area (Å²) in [5.74, 6) is -0.0819. The molecule has 0 saturated heterocycles. The molecule has 0 unspecified atom stereocenters. The second-order valence-electron chi connectivity index (χ2n) is 5.19. The lowest BCUT2D eigenvalue weighted by atomic mass is 10.1. The Morgan fingerprint density at radius 1 is 1.23 bits per heavy atom. The van der Waals surface area contributed by atoms with Crippen LogP contribution in [0.25, 0.3) is 10.2 Å². The first-order chi connectivity index (χ1) is 10.7. The number of ketones is 1.